The van der Waals surface area contributed by atoms with Gasteiger partial charge in [0.15, 0.2) is 0 Å². The molecule has 0 spiro atoms. The second kappa shape index (κ2) is 8.79. The summed E-state index contributed by atoms with van der Waals surface area (Å²) < 4.78 is 36.5. The molecule has 140 valence electrons. The molecule has 26 heavy (non-hydrogen) atoms. The molecule has 1 amide bonds. The van der Waals surface area contributed by atoms with Gasteiger partial charge in [0.05, 0.1) is 17.9 Å². The van der Waals surface area contributed by atoms with Crippen molar-refractivity contribution in [3.63, 3.8) is 0 Å². The summed E-state index contributed by atoms with van der Waals surface area (Å²) in [7, 11) is 0.742. The Morgan fingerprint density at radius 3 is 2.38 bits per heavy atom. The number of rotatable bonds is 8. The van der Waals surface area contributed by atoms with E-state index in [1.807, 2.05) is 0 Å². The molecule has 0 aromatic heterocycles. The Balaban J connectivity index is 2.30. The van der Waals surface area contributed by atoms with Gasteiger partial charge in [0.1, 0.15) is 17.3 Å². The lowest BCUT2D eigenvalue weighted by atomic mass is 10.2. The number of carbonyl (C=O) groups is 1. The lowest BCUT2D eigenvalue weighted by molar-refractivity contribution is 0.101. The lowest BCUT2D eigenvalue weighted by Gasteiger charge is -2.16. The van der Waals surface area contributed by atoms with Crippen LogP contribution in [0, 0.1) is 0 Å². The monoisotopic (exact) mass is 378 g/mol. The highest BCUT2D eigenvalue weighted by Gasteiger charge is 2.22. The van der Waals surface area contributed by atoms with Crippen molar-refractivity contribution in [3.05, 3.63) is 54.1 Å². The van der Waals surface area contributed by atoms with Crippen LogP contribution in [0.15, 0.2) is 53.4 Å². The van der Waals surface area contributed by atoms with Gasteiger partial charge in [-0.2, -0.15) is 0 Å². The number of ether oxygens (including phenoxy) is 2. The second-order valence-corrected chi connectivity index (χ2v) is 7.70. The maximum absolute atomic E-state index is 12.7. The molecule has 2 rings (SSSR count). The van der Waals surface area contributed by atoms with Gasteiger partial charge >= 0.3 is 0 Å². The molecule has 8 heteroatoms. The van der Waals surface area contributed by atoms with Crippen molar-refractivity contribution in [1.29, 1.82) is 0 Å². The van der Waals surface area contributed by atoms with E-state index in [2.05, 4.69) is 5.32 Å². The first kappa shape index (κ1) is 19.9. The minimum Gasteiger partial charge on any atom is -0.490 e. The largest absolute Gasteiger partial charge is 0.490 e. The molecule has 0 fully saturated rings. The quantitative estimate of drug-likeness (QED) is 0.712. The summed E-state index contributed by atoms with van der Waals surface area (Å²) in [5.41, 5.74) is 0.513. The van der Waals surface area contributed by atoms with Crippen LogP contribution in [0.25, 0.3) is 0 Å². The zero-order valence-corrected chi connectivity index (χ0v) is 15.7. The fourth-order valence-corrected chi connectivity index (χ4v) is 3.24. The average Bonchev–Trinajstić information content (AvgIpc) is 2.62. The van der Waals surface area contributed by atoms with E-state index in [1.165, 1.54) is 20.2 Å². The maximum atomic E-state index is 12.7. The molecular weight excluding hydrogens is 356 g/mol. The van der Waals surface area contributed by atoms with Crippen LogP contribution < -0.4 is 10.1 Å². The smallest absolute Gasteiger partial charge is 0.259 e. The molecule has 2 aromatic rings. The number of methoxy groups -OCH3 is 1. The van der Waals surface area contributed by atoms with Gasteiger partial charge in [-0.05, 0) is 24.3 Å². The fraction of sp³-hybridized carbons (Fsp3) is 0.278. The van der Waals surface area contributed by atoms with Gasteiger partial charge < -0.3 is 14.8 Å². The number of para-hydroxylation sites is 2. The topological polar surface area (TPSA) is 84.9 Å². The van der Waals surface area contributed by atoms with Gasteiger partial charge in [0.25, 0.3) is 5.91 Å². The van der Waals surface area contributed by atoms with Gasteiger partial charge in [-0.3, -0.25) is 4.79 Å². The average molecular weight is 378 g/mol. The fourth-order valence-electron chi connectivity index (χ4n) is 2.20. The minimum atomic E-state index is -3.69. The van der Waals surface area contributed by atoms with Gasteiger partial charge in [0, 0.05) is 21.2 Å². The summed E-state index contributed by atoms with van der Waals surface area (Å²) in [5, 5.41) is 2.66. The number of hydrogen-bond donors (Lipinski definition) is 1. The minimum absolute atomic E-state index is 0.0242. The molecule has 0 aliphatic carbocycles. The summed E-state index contributed by atoms with van der Waals surface area (Å²) in [4.78, 5) is 12.7. The van der Waals surface area contributed by atoms with E-state index in [1.54, 1.807) is 49.6 Å². The Hall–Kier alpha value is -2.42. The first-order chi connectivity index (χ1) is 12.4. The highest BCUT2D eigenvalue weighted by molar-refractivity contribution is 7.89. The van der Waals surface area contributed by atoms with Crippen molar-refractivity contribution in [3.8, 4) is 5.75 Å². The van der Waals surface area contributed by atoms with E-state index in [-0.39, 0.29) is 10.6 Å². The third-order valence-electron chi connectivity index (χ3n) is 3.57. The Labute approximate surface area is 153 Å². The zero-order chi connectivity index (χ0) is 19.2. The van der Waals surface area contributed by atoms with Crippen LogP contribution in [0.2, 0.25) is 0 Å². The third kappa shape index (κ3) is 4.60. The van der Waals surface area contributed by atoms with Crippen LogP contribution in [0.4, 0.5) is 5.69 Å². The van der Waals surface area contributed by atoms with Crippen LogP contribution in [0.5, 0.6) is 5.75 Å². The standard InChI is InChI=1S/C18H22N2O5S/c1-20(2)26(22,23)17-11-7-5-9-15(17)19-18(21)14-8-4-6-10-16(14)25-13-12-24-3/h4-11H,12-13H2,1-3H3,(H,19,21). The van der Waals surface area contributed by atoms with Crippen molar-refractivity contribution in [2.75, 3.05) is 39.7 Å². The molecular formula is C18H22N2O5S. The molecule has 2 aromatic carbocycles. The first-order valence-corrected chi connectivity index (χ1v) is 9.35. The summed E-state index contributed by atoms with van der Waals surface area (Å²) in [6, 6.07) is 13.0. The number of anilines is 1. The second-order valence-electron chi connectivity index (χ2n) is 5.58. The Morgan fingerprint density at radius 2 is 1.69 bits per heavy atom. The molecule has 0 aliphatic heterocycles. The van der Waals surface area contributed by atoms with E-state index in [0.717, 1.165) is 4.31 Å². The van der Waals surface area contributed by atoms with Crippen molar-refractivity contribution in [1.82, 2.24) is 4.31 Å². The molecule has 0 heterocycles. The van der Waals surface area contributed by atoms with E-state index in [0.29, 0.717) is 24.5 Å². The Morgan fingerprint density at radius 1 is 1.04 bits per heavy atom. The summed E-state index contributed by atoms with van der Waals surface area (Å²) >= 11 is 0. The lowest BCUT2D eigenvalue weighted by Crippen LogP contribution is -2.24. The molecule has 0 bridgehead atoms. The first-order valence-electron chi connectivity index (χ1n) is 7.91. The van der Waals surface area contributed by atoms with E-state index in [9.17, 15) is 13.2 Å². The van der Waals surface area contributed by atoms with Crippen molar-refractivity contribution < 1.29 is 22.7 Å². The normalized spacial score (nSPS) is 11.4. The molecule has 0 aliphatic rings. The Kier molecular flexibility index (Phi) is 6.73. The van der Waals surface area contributed by atoms with Gasteiger partial charge in [-0.1, -0.05) is 24.3 Å². The molecule has 0 atom stereocenters. The van der Waals surface area contributed by atoms with Gasteiger partial charge in [-0.15, -0.1) is 0 Å². The van der Waals surface area contributed by atoms with Crippen LogP contribution >= 0.6 is 0 Å². The number of nitrogens with zero attached hydrogens (tertiary/aromatic N) is 1. The Bertz CT molecular complexity index is 865. The molecule has 0 unspecified atom stereocenters. The highest BCUT2D eigenvalue weighted by atomic mass is 32.2. The number of nitrogens with one attached hydrogen (secondary N) is 1. The summed E-state index contributed by atoms with van der Waals surface area (Å²) in [6.45, 7) is 0.687. The highest BCUT2D eigenvalue weighted by Crippen LogP contribution is 2.25. The number of benzene rings is 2. The molecule has 7 nitrogen and oxygen atoms in total. The SMILES string of the molecule is COCCOc1ccccc1C(=O)Nc1ccccc1S(=O)(=O)N(C)C. The van der Waals surface area contributed by atoms with Crippen molar-refractivity contribution in [2.24, 2.45) is 0 Å². The van der Waals surface area contributed by atoms with Gasteiger partial charge in [-0.25, -0.2) is 12.7 Å². The molecule has 0 saturated heterocycles. The van der Waals surface area contributed by atoms with E-state index >= 15 is 0 Å². The maximum Gasteiger partial charge on any atom is 0.259 e. The predicted octanol–water partition coefficient (Wildman–Crippen LogP) is 2.21. The molecule has 1 N–H and O–H groups in total. The van der Waals surface area contributed by atoms with Crippen LogP contribution in [-0.2, 0) is 14.8 Å². The van der Waals surface area contributed by atoms with Crippen molar-refractivity contribution in [2.45, 2.75) is 4.90 Å². The van der Waals surface area contributed by atoms with E-state index in [4.69, 9.17) is 9.47 Å². The number of sulfonamides is 1. The van der Waals surface area contributed by atoms with Crippen LogP contribution in [0.3, 0.4) is 0 Å². The van der Waals surface area contributed by atoms with E-state index < -0.39 is 15.9 Å². The summed E-state index contributed by atoms with van der Waals surface area (Å²) in [6.07, 6.45) is 0. The van der Waals surface area contributed by atoms with Gasteiger partial charge in [0.2, 0.25) is 10.0 Å². The number of amides is 1. The van der Waals surface area contributed by atoms with Crippen LogP contribution in [0.1, 0.15) is 10.4 Å². The zero-order valence-electron chi connectivity index (χ0n) is 14.9. The summed E-state index contributed by atoms with van der Waals surface area (Å²) in [5.74, 6) is -0.0607. The number of carbonyl (C=O) groups excluding carboxylic acids is 1. The van der Waals surface area contributed by atoms with Crippen molar-refractivity contribution >= 4 is 21.6 Å². The predicted molar refractivity (Wildman–Crippen MR) is 99.1 cm³/mol. The third-order valence-corrected chi connectivity index (χ3v) is 5.44. The number of hydrogen-bond acceptors (Lipinski definition) is 5. The molecule has 0 radical (unpaired) electrons. The van der Waals surface area contributed by atoms with Crippen LogP contribution in [-0.4, -0.2) is 53.0 Å². The molecule has 0 saturated carbocycles.